The van der Waals surface area contributed by atoms with Gasteiger partial charge in [-0.2, -0.15) is 0 Å². The van der Waals surface area contributed by atoms with Gasteiger partial charge in [0.1, 0.15) is 5.82 Å². The summed E-state index contributed by atoms with van der Waals surface area (Å²) in [5.41, 5.74) is 6.89. The van der Waals surface area contributed by atoms with Gasteiger partial charge in [-0.1, -0.05) is 31.7 Å². The molecule has 1 aromatic carbocycles. The molecule has 4 rings (SSSR count). The second kappa shape index (κ2) is 11.5. The predicted octanol–water partition coefficient (Wildman–Crippen LogP) is 4.77. The highest BCUT2D eigenvalue weighted by Crippen LogP contribution is 2.33. The number of hydrogen-bond acceptors (Lipinski definition) is 5. The van der Waals surface area contributed by atoms with Gasteiger partial charge < -0.3 is 25.0 Å². The lowest BCUT2D eigenvalue weighted by Gasteiger charge is -2.35. The normalized spacial score (nSPS) is 15.6. The van der Waals surface area contributed by atoms with Crippen molar-refractivity contribution in [1.82, 2.24) is 24.7 Å². The Kier molecular flexibility index (Phi) is 8.14. The molecule has 7 nitrogen and oxygen atoms in total. The fourth-order valence-electron chi connectivity index (χ4n) is 4.86. The lowest BCUT2D eigenvalue weighted by atomic mass is 9.93. The summed E-state index contributed by atoms with van der Waals surface area (Å²) in [5.74, 6) is 0.616. The van der Waals surface area contributed by atoms with E-state index < -0.39 is 0 Å². The van der Waals surface area contributed by atoms with Gasteiger partial charge in [0.05, 0.1) is 6.04 Å². The highest BCUT2D eigenvalue weighted by atomic mass is 16.1. The van der Waals surface area contributed by atoms with Gasteiger partial charge in [0.15, 0.2) is 0 Å². The van der Waals surface area contributed by atoms with Crippen molar-refractivity contribution in [3.05, 3.63) is 84.5 Å². The molecule has 0 fully saturated rings. The van der Waals surface area contributed by atoms with Crippen molar-refractivity contribution >= 4 is 22.6 Å². The van der Waals surface area contributed by atoms with Gasteiger partial charge in [-0.25, -0.2) is 4.98 Å². The molecule has 1 atom stereocenters. The molecule has 0 spiro atoms. The number of allylic oxidation sites excluding steroid dienone is 2. The van der Waals surface area contributed by atoms with E-state index in [1.807, 2.05) is 12.3 Å². The van der Waals surface area contributed by atoms with Crippen LogP contribution < -0.4 is 10.6 Å². The highest BCUT2D eigenvalue weighted by Gasteiger charge is 2.26. The number of rotatable bonds is 10. The minimum Gasteiger partial charge on any atom is -0.375 e. The maximum absolute atomic E-state index is 12.3. The first-order chi connectivity index (χ1) is 17.8. The molecule has 0 saturated carbocycles. The molecular weight excluding hydrogens is 460 g/mol. The number of aromatic nitrogens is 2. The van der Waals surface area contributed by atoms with E-state index >= 15 is 0 Å². The molecule has 7 heteroatoms. The molecule has 1 aliphatic carbocycles. The maximum atomic E-state index is 12.3. The standard InChI is InChI=1S/C30H38N6O/c1-7-21-17-28(35(5)16-15-34(3)4)26(33-30(37)8-2)19-25(21)32-29-18-22(13-14-31-29)24-20-36(6)27-12-10-9-11-23(24)27/h8-14,17-18,20,26H,2,7,15-16,19H2,1,3-6H3,(H,31,32)(H,33,37). The van der Waals surface area contributed by atoms with Crippen LogP contribution in [0.15, 0.2) is 84.5 Å². The summed E-state index contributed by atoms with van der Waals surface area (Å²) in [7, 11) is 8.30. The number of hydrogen-bond donors (Lipinski definition) is 2. The van der Waals surface area contributed by atoms with Gasteiger partial charge in [-0.3, -0.25) is 4.79 Å². The number of aryl methyl sites for hydroxylation is 1. The van der Waals surface area contributed by atoms with E-state index in [2.05, 4.69) is 114 Å². The second-order valence-corrected chi connectivity index (χ2v) is 9.85. The second-order valence-electron chi connectivity index (χ2n) is 9.85. The Morgan fingerprint density at radius 3 is 2.73 bits per heavy atom. The molecule has 2 heterocycles. The summed E-state index contributed by atoms with van der Waals surface area (Å²) >= 11 is 0. The number of fused-ring (bicyclic) bond motifs is 1. The van der Waals surface area contributed by atoms with Crippen molar-refractivity contribution in [3.8, 4) is 11.1 Å². The van der Waals surface area contributed by atoms with Crippen molar-refractivity contribution in [2.24, 2.45) is 7.05 Å². The third kappa shape index (κ3) is 5.94. The molecule has 0 radical (unpaired) electrons. The van der Waals surface area contributed by atoms with E-state index in [4.69, 9.17) is 0 Å². The Morgan fingerprint density at radius 1 is 1.22 bits per heavy atom. The molecule has 3 aromatic rings. The van der Waals surface area contributed by atoms with Crippen molar-refractivity contribution in [3.63, 3.8) is 0 Å². The summed E-state index contributed by atoms with van der Waals surface area (Å²) in [6, 6.07) is 12.4. The number of pyridine rings is 1. The molecule has 1 unspecified atom stereocenters. The van der Waals surface area contributed by atoms with Crippen molar-refractivity contribution in [2.75, 3.05) is 39.5 Å². The van der Waals surface area contributed by atoms with Crippen molar-refractivity contribution in [1.29, 1.82) is 0 Å². The largest absolute Gasteiger partial charge is 0.375 e. The van der Waals surface area contributed by atoms with Crippen LogP contribution in [0.2, 0.25) is 0 Å². The monoisotopic (exact) mass is 498 g/mol. The molecule has 1 amide bonds. The molecule has 1 aliphatic rings. The average molecular weight is 499 g/mol. The Bertz CT molecular complexity index is 1350. The zero-order valence-electron chi connectivity index (χ0n) is 22.6. The number of nitrogens with one attached hydrogen (secondary N) is 2. The number of carbonyl (C=O) groups excluding carboxylic acids is 1. The first-order valence-electron chi connectivity index (χ1n) is 12.8. The lowest BCUT2D eigenvalue weighted by molar-refractivity contribution is -0.117. The van der Waals surface area contributed by atoms with E-state index in [0.29, 0.717) is 6.42 Å². The van der Waals surface area contributed by atoms with Gasteiger partial charge in [0.25, 0.3) is 0 Å². The number of likely N-dealkylation sites (N-methyl/N-ethyl adjacent to an activating group) is 2. The molecule has 0 aliphatic heterocycles. The van der Waals surface area contributed by atoms with Gasteiger partial charge in [-0.05, 0) is 62.0 Å². The Balaban J connectivity index is 1.65. The van der Waals surface area contributed by atoms with Crippen LogP contribution >= 0.6 is 0 Å². The highest BCUT2D eigenvalue weighted by molar-refractivity contribution is 5.96. The zero-order valence-corrected chi connectivity index (χ0v) is 22.6. The SMILES string of the molecule is C=CC(=O)NC1CC(Nc2cc(-c3cn(C)c4ccccc34)ccn2)=C(CC)C=C1N(C)CCN(C)C. The fraction of sp³-hybridized carbons (Fsp3) is 0.333. The Hall–Kier alpha value is -3.84. The number of para-hydroxylation sites is 1. The predicted molar refractivity (Wildman–Crippen MR) is 153 cm³/mol. The van der Waals surface area contributed by atoms with E-state index in [0.717, 1.165) is 42.3 Å². The van der Waals surface area contributed by atoms with Crippen LogP contribution in [0.5, 0.6) is 0 Å². The third-order valence-corrected chi connectivity index (χ3v) is 6.93. The Morgan fingerprint density at radius 2 is 2.00 bits per heavy atom. The summed E-state index contributed by atoms with van der Waals surface area (Å²) in [6.07, 6.45) is 9.09. The van der Waals surface area contributed by atoms with E-state index in [9.17, 15) is 4.79 Å². The van der Waals surface area contributed by atoms with Crippen LogP contribution in [0.1, 0.15) is 19.8 Å². The van der Waals surface area contributed by atoms with Crippen molar-refractivity contribution in [2.45, 2.75) is 25.8 Å². The fourth-order valence-corrected chi connectivity index (χ4v) is 4.86. The molecule has 2 N–H and O–H groups in total. The van der Waals surface area contributed by atoms with E-state index in [1.165, 1.54) is 28.1 Å². The summed E-state index contributed by atoms with van der Waals surface area (Å²) in [5, 5.41) is 7.94. The zero-order chi connectivity index (χ0) is 26.5. The van der Waals surface area contributed by atoms with E-state index in [1.54, 1.807) is 0 Å². The van der Waals surface area contributed by atoms with Crippen LogP contribution in [0.25, 0.3) is 22.0 Å². The molecule has 0 bridgehead atoms. The quantitative estimate of drug-likeness (QED) is 0.394. The number of carbonyl (C=O) groups is 1. The molecule has 0 saturated heterocycles. The maximum Gasteiger partial charge on any atom is 0.243 e. The van der Waals surface area contributed by atoms with E-state index in [-0.39, 0.29) is 11.9 Å². The topological polar surface area (TPSA) is 65.4 Å². The summed E-state index contributed by atoms with van der Waals surface area (Å²) < 4.78 is 2.16. The van der Waals surface area contributed by atoms with Crippen LogP contribution in [0.4, 0.5) is 5.82 Å². The number of benzene rings is 1. The third-order valence-electron chi connectivity index (χ3n) is 6.93. The number of amides is 1. The molecular formula is C30H38N6O. The first-order valence-corrected chi connectivity index (χ1v) is 12.8. The van der Waals surface area contributed by atoms with Crippen LogP contribution in [0.3, 0.4) is 0 Å². The molecule has 194 valence electrons. The van der Waals surface area contributed by atoms with Crippen LogP contribution in [-0.4, -0.2) is 65.5 Å². The minimum absolute atomic E-state index is 0.156. The summed E-state index contributed by atoms with van der Waals surface area (Å²) in [6.45, 7) is 7.60. The summed E-state index contributed by atoms with van der Waals surface area (Å²) in [4.78, 5) is 21.3. The lowest BCUT2D eigenvalue weighted by Crippen LogP contribution is -2.43. The molecule has 2 aromatic heterocycles. The van der Waals surface area contributed by atoms with Gasteiger partial charge in [0.2, 0.25) is 5.91 Å². The smallest absolute Gasteiger partial charge is 0.243 e. The number of anilines is 1. The molecule has 37 heavy (non-hydrogen) atoms. The average Bonchev–Trinajstić information content (AvgIpc) is 3.24. The van der Waals surface area contributed by atoms with Gasteiger partial charge in [-0.15, -0.1) is 0 Å². The first kappa shape index (κ1) is 26.2. The minimum atomic E-state index is -0.174. The van der Waals surface area contributed by atoms with Gasteiger partial charge in [0, 0.05) is 73.9 Å². The van der Waals surface area contributed by atoms with Gasteiger partial charge >= 0.3 is 0 Å². The van der Waals surface area contributed by atoms with Crippen LogP contribution in [0, 0.1) is 0 Å². The Labute approximate surface area is 220 Å². The number of nitrogens with zero attached hydrogens (tertiary/aromatic N) is 4. The van der Waals surface area contributed by atoms with Crippen molar-refractivity contribution < 1.29 is 4.79 Å². The van der Waals surface area contributed by atoms with Crippen LogP contribution in [-0.2, 0) is 11.8 Å².